The van der Waals surface area contributed by atoms with Crippen molar-refractivity contribution in [2.75, 3.05) is 0 Å². The molecule has 2 atom stereocenters. The van der Waals surface area contributed by atoms with Crippen LogP contribution in [0.15, 0.2) is 0 Å². The Morgan fingerprint density at radius 2 is 1.10 bits per heavy atom. The summed E-state index contributed by atoms with van der Waals surface area (Å²) < 4.78 is 0. The predicted octanol–water partition coefficient (Wildman–Crippen LogP) is 3.80. The van der Waals surface area contributed by atoms with Crippen LogP contribution in [0.25, 0.3) is 0 Å². The van der Waals surface area contributed by atoms with Crippen LogP contribution in [0.1, 0.15) is 40.5 Å². The van der Waals surface area contributed by atoms with Gasteiger partial charge in [-0.05, 0) is 26.7 Å². The molecule has 0 N–H and O–H groups in total. The molecular weight excluding hydrogens is 167 g/mol. The van der Waals surface area contributed by atoms with Gasteiger partial charge in [-0.15, -0.1) is 23.2 Å². The summed E-state index contributed by atoms with van der Waals surface area (Å²) in [5.74, 6) is 0. The van der Waals surface area contributed by atoms with Crippen LogP contribution in [-0.4, -0.2) is 9.75 Å². The highest BCUT2D eigenvalue weighted by Crippen LogP contribution is 2.39. The molecule has 0 bridgehead atoms. The zero-order valence-electron chi connectivity index (χ0n) is 7.17. The molecule has 2 unspecified atom stereocenters. The molecule has 0 amide bonds. The van der Waals surface area contributed by atoms with Gasteiger partial charge in [0.05, 0.1) is 9.75 Å². The Morgan fingerprint density at radius 3 is 1.20 bits per heavy atom. The van der Waals surface area contributed by atoms with Crippen molar-refractivity contribution >= 4 is 23.2 Å². The standard InChI is InChI=1S/C8H16Cl2/c1-5-7(3,9)8(4,10)6-2/h5-6H2,1-4H3. The molecule has 0 aromatic carbocycles. The van der Waals surface area contributed by atoms with E-state index in [9.17, 15) is 0 Å². The van der Waals surface area contributed by atoms with Gasteiger partial charge in [0, 0.05) is 0 Å². The number of hydrogen-bond acceptors (Lipinski definition) is 0. The Bertz CT molecular complexity index is 91.8. The van der Waals surface area contributed by atoms with E-state index in [-0.39, 0.29) is 9.75 Å². The molecule has 10 heavy (non-hydrogen) atoms. The van der Waals surface area contributed by atoms with E-state index >= 15 is 0 Å². The molecule has 0 radical (unpaired) electrons. The van der Waals surface area contributed by atoms with E-state index in [4.69, 9.17) is 23.2 Å². The Balaban J connectivity index is 4.28. The Hall–Kier alpha value is 0.580. The van der Waals surface area contributed by atoms with Crippen LogP contribution >= 0.6 is 23.2 Å². The summed E-state index contributed by atoms with van der Waals surface area (Å²) in [7, 11) is 0. The summed E-state index contributed by atoms with van der Waals surface area (Å²) >= 11 is 12.4. The highest BCUT2D eigenvalue weighted by Gasteiger charge is 2.38. The van der Waals surface area contributed by atoms with E-state index in [2.05, 4.69) is 13.8 Å². The van der Waals surface area contributed by atoms with Crippen molar-refractivity contribution in [3.05, 3.63) is 0 Å². The second-order valence-corrected chi connectivity index (χ2v) is 4.77. The minimum Gasteiger partial charge on any atom is -0.118 e. The van der Waals surface area contributed by atoms with Gasteiger partial charge in [0.2, 0.25) is 0 Å². The Kier molecular flexibility index (Phi) is 3.51. The van der Waals surface area contributed by atoms with E-state index in [0.717, 1.165) is 12.8 Å². The molecular formula is C8H16Cl2. The largest absolute Gasteiger partial charge is 0.118 e. The average molecular weight is 183 g/mol. The fourth-order valence-electron chi connectivity index (χ4n) is 0.737. The van der Waals surface area contributed by atoms with Gasteiger partial charge in [-0.3, -0.25) is 0 Å². The zero-order chi connectivity index (χ0) is 8.41. The van der Waals surface area contributed by atoms with Crippen LogP contribution in [-0.2, 0) is 0 Å². The maximum absolute atomic E-state index is 6.18. The third-order valence-electron chi connectivity index (χ3n) is 2.41. The van der Waals surface area contributed by atoms with Crippen molar-refractivity contribution < 1.29 is 0 Å². The first kappa shape index (κ1) is 10.6. The SMILES string of the molecule is CCC(C)(Cl)C(C)(Cl)CC. The Morgan fingerprint density at radius 1 is 0.900 bits per heavy atom. The van der Waals surface area contributed by atoms with Crippen LogP contribution in [0.4, 0.5) is 0 Å². The molecule has 0 rings (SSSR count). The summed E-state index contributed by atoms with van der Waals surface area (Å²) in [6.45, 7) is 8.10. The van der Waals surface area contributed by atoms with Gasteiger partial charge >= 0.3 is 0 Å². The minimum absolute atomic E-state index is 0.274. The van der Waals surface area contributed by atoms with Crippen LogP contribution < -0.4 is 0 Å². The lowest BCUT2D eigenvalue weighted by atomic mass is 9.89. The van der Waals surface area contributed by atoms with Crippen molar-refractivity contribution in [2.45, 2.75) is 50.3 Å². The molecule has 0 aliphatic heterocycles. The molecule has 0 spiro atoms. The molecule has 0 saturated heterocycles. The van der Waals surface area contributed by atoms with Gasteiger partial charge in [-0.1, -0.05) is 13.8 Å². The lowest BCUT2D eigenvalue weighted by Gasteiger charge is -2.35. The van der Waals surface area contributed by atoms with Gasteiger partial charge in [0.1, 0.15) is 0 Å². The smallest absolute Gasteiger partial charge is 0.0604 e. The summed E-state index contributed by atoms with van der Waals surface area (Å²) in [4.78, 5) is -0.549. The third-order valence-corrected chi connectivity index (χ3v) is 3.88. The predicted molar refractivity (Wildman–Crippen MR) is 49.1 cm³/mol. The number of halogens is 2. The minimum atomic E-state index is -0.274. The fourth-order valence-corrected chi connectivity index (χ4v) is 1.00. The lowest BCUT2D eigenvalue weighted by molar-refractivity contribution is 0.434. The topological polar surface area (TPSA) is 0 Å². The van der Waals surface area contributed by atoms with Crippen molar-refractivity contribution in [3.8, 4) is 0 Å². The molecule has 2 heteroatoms. The van der Waals surface area contributed by atoms with Gasteiger partial charge < -0.3 is 0 Å². The normalized spacial score (nSPS) is 23.4. The molecule has 0 heterocycles. The van der Waals surface area contributed by atoms with Crippen molar-refractivity contribution in [1.82, 2.24) is 0 Å². The average Bonchev–Trinajstić information content (AvgIpc) is 1.88. The van der Waals surface area contributed by atoms with Crippen LogP contribution in [0.2, 0.25) is 0 Å². The molecule has 0 aliphatic rings. The fraction of sp³-hybridized carbons (Fsp3) is 1.00. The van der Waals surface area contributed by atoms with Crippen LogP contribution in [0, 0.1) is 0 Å². The number of alkyl halides is 2. The maximum Gasteiger partial charge on any atom is 0.0604 e. The van der Waals surface area contributed by atoms with E-state index < -0.39 is 0 Å². The number of hydrogen-bond donors (Lipinski definition) is 0. The van der Waals surface area contributed by atoms with E-state index in [1.165, 1.54) is 0 Å². The second-order valence-electron chi connectivity index (χ2n) is 3.10. The van der Waals surface area contributed by atoms with Crippen LogP contribution in [0.5, 0.6) is 0 Å². The van der Waals surface area contributed by atoms with Gasteiger partial charge in [0.25, 0.3) is 0 Å². The van der Waals surface area contributed by atoms with E-state index in [0.29, 0.717) is 0 Å². The monoisotopic (exact) mass is 182 g/mol. The molecule has 62 valence electrons. The summed E-state index contributed by atoms with van der Waals surface area (Å²) in [6, 6.07) is 0. The van der Waals surface area contributed by atoms with Crippen molar-refractivity contribution in [3.63, 3.8) is 0 Å². The quantitative estimate of drug-likeness (QED) is 0.583. The van der Waals surface area contributed by atoms with E-state index in [1.54, 1.807) is 0 Å². The molecule has 0 aromatic heterocycles. The first-order valence-electron chi connectivity index (χ1n) is 3.75. The summed E-state index contributed by atoms with van der Waals surface area (Å²) in [5, 5.41) is 0. The Labute approximate surface area is 73.9 Å². The molecule has 0 aliphatic carbocycles. The van der Waals surface area contributed by atoms with Crippen molar-refractivity contribution in [2.24, 2.45) is 0 Å². The van der Waals surface area contributed by atoms with Crippen molar-refractivity contribution in [1.29, 1.82) is 0 Å². The highest BCUT2D eigenvalue weighted by molar-refractivity contribution is 6.34. The van der Waals surface area contributed by atoms with Gasteiger partial charge in [-0.2, -0.15) is 0 Å². The van der Waals surface area contributed by atoms with E-state index in [1.807, 2.05) is 13.8 Å². The van der Waals surface area contributed by atoms with Crippen LogP contribution in [0.3, 0.4) is 0 Å². The molecule has 0 fully saturated rings. The third kappa shape index (κ3) is 2.03. The molecule has 0 saturated carbocycles. The highest BCUT2D eigenvalue weighted by atomic mass is 35.5. The summed E-state index contributed by atoms with van der Waals surface area (Å²) in [6.07, 6.45) is 1.81. The first-order valence-corrected chi connectivity index (χ1v) is 4.51. The maximum atomic E-state index is 6.18. The summed E-state index contributed by atoms with van der Waals surface area (Å²) in [5.41, 5.74) is 0. The lowest BCUT2D eigenvalue weighted by Crippen LogP contribution is -2.39. The first-order chi connectivity index (χ1) is 4.37. The van der Waals surface area contributed by atoms with Gasteiger partial charge in [-0.25, -0.2) is 0 Å². The second kappa shape index (κ2) is 3.32. The number of rotatable bonds is 3. The zero-order valence-corrected chi connectivity index (χ0v) is 8.68. The molecule has 0 nitrogen and oxygen atoms in total. The van der Waals surface area contributed by atoms with Gasteiger partial charge in [0.15, 0.2) is 0 Å². The molecule has 0 aromatic rings.